The number of unbranched alkanes of at least 4 members (excludes halogenated alkanes) is 27. The molecule has 0 aromatic rings. The summed E-state index contributed by atoms with van der Waals surface area (Å²) in [5.74, 6) is -0.384. The van der Waals surface area contributed by atoms with Crippen LogP contribution in [0.5, 0.6) is 0 Å². The lowest BCUT2D eigenvalue weighted by molar-refractivity contribution is -0.332. The van der Waals surface area contributed by atoms with E-state index >= 15 is 0 Å². The smallest absolute Gasteiger partial charge is 0.306 e. The van der Waals surface area contributed by atoms with Gasteiger partial charge in [0.1, 0.15) is 54.9 Å². The van der Waals surface area contributed by atoms with E-state index in [9.17, 15) is 40.5 Å². The number of hydrogen-bond donors (Lipinski definition) is 7. The third-order valence-electron chi connectivity index (χ3n) is 12.6. The first-order valence-electron chi connectivity index (χ1n) is 25.6. The topological polar surface area (TPSA) is 214 Å². The zero-order valence-corrected chi connectivity index (χ0v) is 39.6. The Morgan fingerprint density at radius 2 is 0.841 bits per heavy atom. The maximum atomic E-state index is 12.8. The van der Waals surface area contributed by atoms with Crippen molar-refractivity contribution in [1.29, 1.82) is 0 Å². The predicted octanol–water partition coefficient (Wildman–Crippen LogP) is 7.30. The van der Waals surface area contributed by atoms with E-state index in [4.69, 9.17) is 28.4 Å². The van der Waals surface area contributed by atoms with Crippen molar-refractivity contribution < 1.29 is 69.0 Å². The molecule has 2 aliphatic rings. The quantitative estimate of drug-likeness (QED) is 0.0237. The average molecular weight is 907 g/mol. The average Bonchev–Trinajstić information content (AvgIpc) is 3.28. The Kier molecular flexibility index (Phi) is 35.1. The summed E-state index contributed by atoms with van der Waals surface area (Å²) >= 11 is 0. The van der Waals surface area contributed by atoms with Gasteiger partial charge in [0.2, 0.25) is 0 Å². The second-order valence-corrected chi connectivity index (χ2v) is 18.4. The SMILES string of the molecule is CCCCCCCCCCCCCCCCCCCCCCCCCCOCC(COC1OC(COC2OC(CO)C(O)C(O)C2O)C(O)C(O)C1O)OC(=O)CCCCCCC. The summed E-state index contributed by atoms with van der Waals surface area (Å²) in [5.41, 5.74) is 0. The molecule has 0 aromatic heterocycles. The molecule has 11 atom stereocenters. The number of carbonyl (C=O) groups excluding carboxylic acids is 1. The van der Waals surface area contributed by atoms with Gasteiger partial charge in [-0.15, -0.1) is 0 Å². The van der Waals surface area contributed by atoms with Crippen molar-refractivity contribution in [2.24, 2.45) is 0 Å². The van der Waals surface area contributed by atoms with Crippen LogP contribution in [0.25, 0.3) is 0 Å². The molecule has 2 aliphatic heterocycles. The van der Waals surface area contributed by atoms with Crippen LogP contribution in [0.1, 0.15) is 206 Å². The minimum Gasteiger partial charge on any atom is -0.457 e. The Morgan fingerprint density at radius 3 is 1.29 bits per heavy atom. The van der Waals surface area contributed by atoms with E-state index < -0.39 is 80.7 Å². The molecule has 2 saturated heterocycles. The summed E-state index contributed by atoms with van der Waals surface area (Å²) in [4.78, 5) is 12.8. The lowest BCUT2D eigenvalue weighted by Gasteiger charge is -2.42. The number of rotatable bonds is 41. The summed E-state index contributed by atoms with van der Waals surface area (Å²) in [6.45, 7) is 3.63. The van der Waals surface area contributed by atoms with E-state index in [0.29, 0.717) is 13.0 Å². The van der Waals surface area contributed by atoms with Crippen molar-refractivity contribution in [3.8, 4) is 0 Å². The molecule has 14 heteroatoms. The van der Waals surface area contributed by atoms with E-state index in [1.54, 1.807) is 0 Å². The van der Waals surface area contributed by atoms with E-state index in [1.807, 2.05) is 0 Å². The summed E-state index contributed by atoms with van der Waals surface area (Å²) in [6, 6.07) is 0. The summed E-state index contributed by atoms with van der Waals surface area (Å²) in [5, 5.41) is 71.8. The van der Waals surface area contributed by atoms with Crippen LogP contribution >= 0.6 is 0 Å². The molecular formula is C49H94O14. The molecule has 0 bridgehead atoms. The zero-order valence-electron chi connectivity index (χ0n) is 39.6. The van der Waals surface area contributed by atoms with Crippen LogP contribution in [0.2, 0.25) is 0 Å². The number of esters is 1. The van der Waals surface area contributed by atoms with Crippen LogP contribution in [0.3, 0.4) is 0 Å². The van der Waals surface area contributed by atoms with Gasteiger partial charge in [0, 0.05) is 13.0 Å². The fraction of sp³-hybridized carbons (Fsp3) is 0.980. The van der Waals surface area contributed by atoms with Crippen LogP contribution in [0, 0.1) is 0 Å². The van der Waals surface area contributed by atoms with Crippen molar-refractivity contribution in [1.82, 2.24) is 0 Å². The number of aliphatic hydroxyl groups excluding tert-OH is 7. The molecule has 0 spiro atoms. The van der Waals surface area contributed by atoms with Crippen molar-refractivity contribution >= 4 is 5.97 Å². The molecule has 0 aliphatic carbocycles. The maximum Gasteiger partial charge on any atom is 0.306 e. The lowest BCUT2D eigenvalue weighted by Crippen LogP contribution is -2.61. The van der Waals surface area contributed by atoms with Gasteiger partial charge >= 0.3 is 5.97 Å². The van der Waals surface area contributed by atoms with Gasteiger partial charge in [-0.3, -0.25) is 4.79 Å². The van der Waals surface area contributed by atoms with Gasteiger partial charge in [-0.2, -0.15) is 0 Å². The van der Waals surface area contributed by atoms with Gasteiger partial charge in [0.05, 0.1) is 26.4 Å². The Labute approximate surface area is 381 Å². The number of carbonyl (C=O) groups is 1. The first kappa shape index (κ1) is 58.1. The highest BCUT2D eigenvalue weighted by Gasteiger charge is 2.47. The fourth-order valence-corrected chi connectivity index (χ4v) is 8.40. The third-order valence-corrected chi connectivity index (χ3v) is 12.6. The molecule has 0 radical (unpaired) electrons. The monoisotopic (exact) mass is 907 g/mol. The van der Waals surface area contributed by atoms with Crippen molar-refractivity contribution in [2.75, 3.05) is 33.0 Å². The molecular weight excluding hydrogens is 813 g/mol. The largest absolute Gasteiger partial charge is 0.457 e. The van der Waals surface area contributed by atoms with E-state index in [2.05, 4.69) is 13.8 Å². The van der Waals surface area contributed by atoms with Crippen LogP contribution < -0.4 is 0 Å². The van der Waals surface area contributed by atoms with Crippen LogP contribution in [0.15, 0.2) is 0 Å². The highest BCUT2D eigenvalue weighted by atomic mass is 16.7. The van der Waals surface area contributed by atoms with Gasteiger partial charge in [-0.1, -0.05) is 187 Å². The second kappa shape index (κ2) is 38.0. The number of ether oxygens (including phenoxy) is 6. The molecule has 0 saturated carbocycles. The Balaban J connectivity index is 1.61. The molecule has 0 amide bonds. The number of aliphatic hydroxyl groups is 7. The third kappa shape index (κ3) is 26.2. The molecule has 63 heavy (non-hydrogen) atoms. The van der Waals surface area contributed by atoms with E-state index in [0.717, 1.165) is 44.9 Å². The van der Waals surface area contributed by atoms with Crippen molar-refractivity contribution in [3.63, 3.8) is 0 Å². The highest BCUT2D eigenvalue weighted by Crippen LogP contribution is 2.26. The van der Waals surface area contributed by atoms with E-state index in [1.165, 1.54) is 135 Å². The Bertz CT molecular complexity index is 1050. The minimum absolute atomic E-state index is 0.0680. The standard InChI is InChI=1S/C49H94O14/c1-3-5-7-9-10-11-12-13-14-15-16-17-18-19-20-21-22-23-24-25-26-27-29-31-33-58-35-38(61-41(51)32-30-28-8-6-4-2)36-59-48-47(57)45(55)43(53)40(63-48)37-60-49-46(56)44(54)42(52)39(34-50)62-49/h38-40,42-50,52-57H,3-37H2,1-2H3. The Hall–Kier alpha value is -1.01. The molecule has 374 valence electrons. The highest BCUT2D eigenvalue weighted by molar-refractivity contribution is 5.69. The van der Waals surface area contributed by atoms with Gasteiger partial charge in [0.25, 0.3) is 0 Å². The lowest BCUT2D eigenvalue weighted by atomic mass is 9.98. The molecule has 2 rings (SSSR count). The second-order valence-electron chi connectivity index (χ2n) is 18.4. The van der Waals surface area contributed by atoms with Crippen LogP contribution in [0.4, 0.5) is 0 Å². The zero-order chi connectivity index (χ0) is 45.9. The van der Waals surface area contributed by atoms with Crippen molar-refractivity contribution in [3.05, 3.63) is 0 Å². The van der Waals surface area contributed by atoms with Gasteiger partial charge < -0.3 is 64.2 Å². The molecule has 14 nitrogen and oxygen atoms in total. The van der Waals surface area contributed by atoms with Crippen LogP contribution in [-0.2, 0) is 33.2 Å². The summed E-state index contributed by atoms with van der Waals surface area (Å²) in [7, 11) is 0. The Morgan fingerprint density at radius 1 is 0.460 bits per heavy atom. The van der Waals surface area contributed by atoms with Crippen LogP contribution in [-0.4, -0.2) is 142 Å². The normalized spacial score (nSPS) is 26.9. The fourth-order valence-electron chi connectivity index (χ4n) is 8.40. The first-order chi connectivity index (χ1) is 30.6. The molecule has 11 unspecified atom stereocenters. The van der Waals surface area contributed by atoms with Gasteiger partial charge in [0.15, 0.2) is 12.6 Å². The minimum atomic E-state index is -1.70. The molecule has 0 aromatic carbocycles. The molecule has 2 heterocycles. The number of hydrogen-bond acceptors (Lipinski definition) is 14. The summed E-state index contributed by atoms with van der Waals surface area (Å²) in [6.07, 6.45) is 21.0. The van der Waals surface area contributed by atoms with Gasteiger partial charge in [-0.25, -0.2) is 0 Å². The van der Waals surface area contributed by atoms with Gasteiger partial charge in [-0.05, 0) is 12.8 Å². The van der Waals surface area contributed by atoms with E-state index in [-0.39, 0.29) is 25.6 Å². The predicted molar refractivity (Wildman–Crippen MR) is 243 cm³/mol. The summed E-state index contributed by atoms with van der Waals surface area (Å²) < 4.78 is 34.0. The van der Waals surface area contributed by atoms with Crippen molar-refractivity contribution in [2.45, 2.75) is 274 Å². The maximum absolute atomic E-state index is 12.8. The first-order valence-corrected chi connectivity index (χ1v) is 25.6. The molecule has 2 fully saturated rings. The molecule has 7 N–H and O–H groups in total.